The summed E-state index contributed by atoms with van der Waals surface area (Å²) in [7, 11) is 3.20. The van der Waals surface area contributed by atoms with E-state index in [2.05, 4.69) is 20.9 Å². The first-order valence-electron chi connectivity index (χ1n) is 9.61. The highest BCUT2D eigenvalue weighted by atomic mass is 16.5. The lowest BCUT2D eigenvalue weighted by Crippen LogP contribution is -2.34. The molecule has 1 fully saturated rings. The van der Waals surface area contributed by atoms with Gasteiger partial charge in [-0.25, -0.2) is 0 Å². The van der Waals surface area contributed by atoms with Crippen LogP contribution >= 0.6 is 0 Å². The molecule has 1 atom stereocenters. The lowest BCUT2D eigenvalue weighted by Gasteiger charge is -2.35. The van der Waals surface area contributed by atoms with Crippen molar-refractivity contribution in [2.45, 2.75) is 31.8 Å². The average molecular weight is 379 g/mol. The predicted octanol–water partition coefficient (Wildman–Crippen LogP) is 3.67. The fraction of sp³-hybridized carbons (Fsp3) is 0.364. The Morgan fingerprint density at radius 3 is 2.75 bits per heavy atom. The van der Waals surface area contributed by atoms with E-state index >= 15 is 0 Å². The van der Waals surface area contributed by atoms with E-state index in [1.165, 1.54) is 12.0 Å². The molecule has 0 bridgehead atoms. The maximum absolute atomic E-state index is 12.7. The molecule has 0 amide bonds. The summed E-state index contributed by atoms with van der Waals surface area (Å²) >= 11 is 0. The summed E-state index contributed by atoms with van der Waals surface area (Å²) in [4.78, 5) is 22.4. The number of hydrogen-bond acceptors (Lipinski definition) is 5. The highest BCUT2D eigenvalue weighted by Crippen LogP contribution is 2.33. The average Bonchev–Trinajstić information content (AvgIpc) is 2.74. The maximum Gasteiger partial charge on any atom is 0.252 e. The van der Waals surface area contributed by atoms with Crippen LogP contribution in [0.4, 0.5) is 0 Å². The number of pyridine rings is 2. The highest BCUT2D eigenvalue weighted by Gasteiger charge is 2.25. The summed E-state index contributed by atoms with van der Waals surface area (Å²) in [6.45, 7) is 1.59. The number of rotatable bonds is 5. The van der Waals surface area contributed by atoms with Gasteiger partial charge in [-0.15, -0.1) is 0 Å². The summed E-state index contributed by atoms with van der Waals surface area (Å²) < 4.78 is 10.7. The SMILES string of the molecule is COc1cc2cc(CN3CCCCC3c3cccnc3)c(=O)[nH]c2cc1OC. The summed E-state index contributed by atoms with van der Waals surface area (Å²) in [5, 5.41) is 0.933. The number of ether oxygens (including phenoxy) is 2. The lowest BCUT2D eigenvalue weighted by molar-refractivity contribution is 0.139. The number of hydrogen-bond donors (Lipinski definition) is 1. The van der Waals surface area contributed by atoms with Gasteiger partial charge in [0.05, 0.1) is 19.7 Å². The number of nitrogens with zero attached hydrogens (tertiary/aromatic N) is 2. The Morgan fingerprint density at radius 2 is 2.00 bits per heavy atom. The van der Waals surface area contributed by atoms with Gasteiger partial charge in [0.25, 0.3) is 5.56 Å². The maximum atomic E-state index is 12.7. The van der Waals surface area contributed by atoms with Crippen molar-refractivity contribution in [3.63, 3.8) is 0 Å². The van der Waals surface area contributed by atoms with Crippen molar-refractivity contribution in [3.05, 3.63) is 64.2 Å². The van der Waals surface area contributed by atoms with Crippen LogP contribution in [0.2, 0.25) is 0 Å². The van der Waals surface area contributed by atoms with E-state index in [-0.39, 0.29) is 5.56 Å². The molecule has 1 aliphatic heterocycles. The molecule has 1 unspecified atom stereocenters. The number of H-pyrrole nitrogens is 1. The summed E-state index contributed by atoms with van der Waals surface area (Å²) in [5.74, 6) is 1.25. The molecule has 0 radical (unpaired) electrons. The zero-order chi connectivity index (χ0) is 19.5. The third kappa shape index (κ3) is 3.60. The Kier molecular flexibility index (Phi) is 5.30. The summed E-state index contributed by atoms with van der Waals surface area (Å²) in [6.07, 6.45) is 7.16. The van der Waals surface area contributed by atoms with Crippen LogP contribution in [0.1, 0.15) is 36.4 Å². The van der Waals surface area contributed by atoms with Gasteiger partial charge in [-0.3, -0.25) is 14.7 Å². The largest absolute Gasteiger partial charge is 0.493 e. The van der Waals surface area contributed by atoms with Crippen molar-refractivity contribution in [2.75, 3.05) is 20.8 Å². The van der Waals surface area contributed by atoms with Crippen LogP contribution in [0.25, 0.3) is 10.9 Å². The number of aromatic amines is 1. The van der Waals surface area contributed by atoms with Gasteiger partial charge < -0.3 is 14.5 Å². The third-order valence-corrected chi connectivity index (χ3v) is 5.48. The molecule has 6 heteroatoms. The fourth-order valence-electron chi connectivity index (χ4n) is 4.05. The summed E-state index contributed by atoms with van der Waals surface area (Å²) in [6, 6.07) is 10.1. The molecule has 146 valence electrons. The van der Waals surface area contributed by atoms with Crippen LogP contribution in [0, 0.1) is 0 Å². The Morgan fingerprint density at radius 1 is 1.18 bits per heavy atom. The highest BCUT2D eigenvalue weighted by molar-refractivity contribution is 5.83. The van der Waals surface area contributed by atoms with E-state index in [0.29, 0.717) is 24.1 Å². The van der Waals surface area contributed by atoms with Crippen LogP contribution in [0.15, 0.2) is 47.5 Å². The van der Waals surface area contributed by atoms with Crippen molar-refractivity contribution in [2.24, 2.45) is 0 Å². The van der Waals surface area contributed by atoms with Crippen LogP contribution in [0.5, 0.6) is 11.5 Å². The van der Waals surface area contributed by atoms with E-state index < -0.39 is 0 Å². The Hall–Kier alpha value is -2.86. The summed E-state index contributed by atoms with van der Waals surface area (Å²) in [5.41, 5.74) is 2.66. The lowest BCUT2D eigenvalue weighted by atomic mass is 9.96. The van der Waals surface area contributed by atoms with E-state index in [9.17, 15) is 4.79 Å². The molecule has 2 aromatic heterocycles. The van der Waals surface area contributed by atoms with Gasteiger partial charge in [-0.2, -0.15) is 0 Å². The van der Waals surface area contributed by atoms with Crippen LogP contribution < -0.4 is 15.0 Å². The molecule has 0 aliphatic carbocycles. The topological polar surface area (TPSA) is 67.5 Å². The minimum Gasteiger partial charge on any atom is -0.493 e. The van der Waals surface area contributed by atoms with Gasteiger partial charge in [0.1, 0.15) is 0 Å². The first kappa shape index (κ1) is 18.5. The number of benzene rings is 1. The minimum atomic E-state index is -0.0600. The number of methoxy groups -OCH3 is 2. The number of fused-ring (bicyclic) bond motifs is 1. The molecule has 1 saturated heterocycles. The monoisotopic (exact) mass is 379 g/mol. The van der Waals surface area contributed by atoms with Crippen molar-refractivity contribution < 1.29 is 9.47 Å². The number of nitrogens with one attached hydrogen (secondary N) is 1. The second kappa shape index (κ2) is 8.02. The number of piperidine rings is 1. The molecule has 28 heavy (non-hydrogen) atoms. The van der Waals surface area contributed by atoms with Crippen molar-refractivity contribution in [1.82, 2.24) is 14.9 Å². The Balaban J connectivity index is 1.68. The van der Waals surface area contributed by atoms with Crippen molar-refractivity contribution >= 4 is 10.9 Å². The van der Waals surface area contributed by atoms with Gasteiger partial charge in [-0.05, 0) is 43.1 Å². The molecule has 3 heterocycles. The fourth-order valence-corrected chi connectivity index (χ4v) is 4.05. The van der Waals surface area contributed by atoms with Crippen LogP contribution in [-0.2, 0) is 6.54 Å². The van der Waals surface area contributed by atoms with Crippen LogP contribution in [-0.4, -0.2) is 35.6 Å². The molecule has 3 aromatic rings. The van der Waals surface area contributed by atoms with Gasteiger partial charge in [-0.1, -0.05) is 12.5 Å². The second-order valence-electron chi connectivity index (χ2n) is 7.19. The van der Waals surface area contributed by atoms with Gasteiger partial charge in [0.15, 0.2) is 11.5 Å². The third-order valence-electron chi connectivity index (χ3n) is 5.48. The van der Waals surface area contributed by atoms with Crippen molar-refractivity contribution in [1.29, 1.82) is 0 Å². The Labute approximate surface area is 164 Å². The smallest absolute Gasteiger partial charge is 0.252 e. The molecular formula is C22H25N3O3. The van der Waals surface area contributed by atoms with E-state index in [1.54, 1.807) is 26.5 Å². The first-order valence-corrected chi connectivity index (χ1v) is 9.61. The molecular weight excluding hydrogens is 354 g/mol. The number of likely N-dealkylation sites (tertiary alicyclic amines) is 1. The van der Waals surface area contributed by atoms with Gasteiger partial charge >= 0.3 is 0 Å². The molecule has 1 aromatic carbocycles. The minimum absolute atomic E-state index is 0.0600. The van der Waals surface area contributed by atoms with Gasteiger partial charge in [0.2, 0.25) is 0 Å². The van der Waals surface area contributed by atoms with Crippen molar-refractivity contribution in [3.8, 4) is 11.5 Å². The zero-order valence-corrected chi connectivity index (χ0v) is 16.3. The number of aromatic nitrogens is 2. The molecule has 1 N–H and O–H groups in total. The van der Waals surface area contributed by atoms with Gasteiger partial charge in [0, 0.05) is 42.0 Å². The van der Waals surface area contributed by atoms with E-state index in [1.807, 2.05) is 24.4 Å². The normalized spacial score (nSPS) is 17.6. The van der Waals surface area contributed by atoms with E-state index in [0.717, 1.165) is 35.9 Å². The van der Waals surface area contributed by atoms with Crippen LogP contribution in [0.3, 0.4) is 0 Å². The predicted molar refractivity (Wildman–Crippen MR) is 109 cm³/mol. The standard InChI is InChI=1S/C22H25N3O3/c1-27-20-11-16-10-17(22(26)24-18(16)12-21(20)28-2)14-25-9-4-3-7-19(25)15-6-5-8-23-13-15/h5-6,8,10-13,19H,3-4,7,9,14H2,1-2H3,(H,24,26). The molecule has 4 rings (SSSR count). The Bertz CT molecular complexity index is 1020. The second-order valence-corrected chi connectivity index (χ2v) is 7.19. The first-order chi connectivity index (χ1) is 13.7. The zero-order valence-electron chi connectivity index (χ0n) is 16.3. The molecule has 0 spiro atoms. The molecule has 6 nitrogen and oxygen atoms in total. The van der Waals surface area contributed by atoms with E-state index in [4.69, 9.17) is 9.47 Å². The molecule has 1 aliphatic rings. The quantitative estimate of drug-likeness (QED) is 0.733. The molecule has 0 saturated carbocycles.